The van der Waals surface area contributed by atoms with Gasteiger partial charge in [0.1, 0.15) is 12.4 Å². The van der Waals surface area contributed by atoms with E-state index in [-0.39, 0.29) is 24.4 Å². The van der Waals surface area contributed by atoms with Gasteiger partial charge in [0, 0.05) is 25.2 Å². The zero-order chi connectivity index (χ0) is 21.2. The van der Waals surface area contributed by atoms with Crippen LogP contribution in [0.15, 0.2) is 54.6 Å². The van der Waals surface area contributed by atoms with E-state index in [1.165, 1.54) is 12.1 Å². The molecule has 2 N–H and O–H groups in total. The van der Waals surface area contributed by atoms with Crippen molar-refractivity contribution in [1.82, 2.24) is 15.5 Å². The summed E-state index contributed by atoms with van der Waals surface area (Å²) in [5.41, 5.74) is 1.73. The lowest BCUT2D eigenvalue weighted by atomic mass is 10.0. The molecule has 1 aromatic heterocycles. The van der Waals surface area contributed by atoms with Gasteiger partial charge in [-0.15, -0.1) is 0 Å². The number of fused-ring (bicyclic) bond motifs is 1. The van der Waals surface area contributed by atoms with Crippen molar-refractivity contribution in [3.63, 3.8) is 0 Å². The maximum atomic E-state index is 13.1. The molecule has 0 spiro atoms. The first-order chi connectivity index (χ1) is 15.2. The summed E-state index contributed by atoms with van der Waals surface area (Å²) < 4.78 is 24.6. The molecule has 5 rings (SSSR count). The van der Waals surface area contributed by atoms with Gasteiger partial charge in [0.15, 0.2) is 17.3 Å². The van der Waals surface area contributed by atoms with Gasteiger partial charge in [0.25, 0.3) is 5.91 Å². The second-order valence-electron chi connectivity index (χ2n) is 7.78. The van der Waals surface area contributed by atoms with E-state index in [1.807, 2.05) is 24.3 Å². The molecule has 1 atom stereocenters. The van der Waals surface area contributed by atoms with Crippen LogP contribution < -0.4 is 19.7 Å². The van der Waals surface area contributed by atoms with Gasteiger partial charge in [0.2, 0.25) is 6.10 Å². The molecular formula is C23H23FN4O3. The number of aromatic amines is 1. The number of hydrogen-bond donors (Lipinski definition) is 2. The largest absolute Gasteiger partial charge is 0.485 e. The second kappa shape index (κ2) is 8.29. The van der Waals surface area contributed by atoms with Crippen LogP contribution in [0, 0.1) is 5.82 Å². The average molecular weight is 422 g/mol. The number of hydrogen-bond acceptors (Lipinski definition) is 5. The van der Waals surface area contributed by atoms with E-state index in [0.29, 0.717) is 11.5 Å². The number of nitrogens with one attached hydrogen (secondary N) is 2. The normalized spacial score (nSPS) is 18.6. The summed E-state index contributed by atoms with van der Waals surface area (Å²) in [7, 11) is 0. The number of aromatic nitrogens is 2. The third-order valence-corrected chi connectivity index (χ3v) is 5.69. The number of rotatable bonds is 4. The fourth-order valence-electron chi connectivity index (χ4n) is 3.95. The summed E-state index contributed by atoms with van der Waals surface area (Å²) >= 11 is 0. The lowest BCUT2D eigenvalue weighted by Crippen LogP contribution is -2.51. The molecule has 7 nitrogen and oxygen atoms in total. The molecule has 0 saturated carbocycles. The Morgan fingerprint density at radius 1 is 1.10 bits per heavy atom. The second-order valence-corrected chi connectivity index (χ2v) is 7.78. The number of halogens is 1. The van der Waals surface area contributed by atoms with E-state index in [2.05, 4.69) is 20.4 Å². The van der Waals surface area contributed by atoms with Crippen LogP contribution in [-0.2, 0) is 4.79 Å². The van der Waals surface area contributed by atoms with E-state index in [9.17, 15) is 9.18 Å². The van der Waals surface area contributed by atoms with Gasteiger partial charge < -0.3 is 19.7 Å². The quantitative estimate of drug-likeness (QED) is 0.675. The number of carbonyl (C=O) groups excluding carboxylic acids is 1. The van der Waals surface area contributed by atoms with Crippen molar-refractivity contribution in [3.05, 3.63) is 60.4 Å². The van der Waals surface area contributed by atoms with Gasteiger partial charge in [0.05, 0.1) is 5.69 Å². The van der Waals surface area contributed by atoms with Crippen molar-refractivity contribution in [1.29, 1.82) is 0 Å². The monoisotopic (exact) mass is 422 g/mol. The maximum Gasteiger partial charge on any atom is 0.264 e. The Labute approximate surface area is 179 Å². The first kappa shape index (κ1) is 19.4. The van der Waals surface area contributed by atoms with E-state index in [4.69, 9.17) is 9.47 Å². The SMILES string of the molecule is O=C(NC1CCN(c2cc(-c3ccc(F)cc3)[nH]n2)CC1)C1COc2ccccc2O1. The Kier molecular flexibility index (Phi) is 5.19. The number of nitrogens with zero attached hydrogens (tertiary/aromatic N) is 2. The Bertz CT molecular complexity index is 1060. The summed E-state index contributed by atoms with van der Waals surface area (Å²) in [6.45, 7) is 1.77. The number of carbonyl (C=O) groups is 1. The first-order valence-electron chi connectivity index (χ1n) is 10.4. The predicted octanol–water partition coefficient (Wildman–Crippen LogP) is 3.14. The van der Waals surface area contributed by atoms with E-state index in [0.717, 1.165) is 43.0 Å². The molecule has 0 bridgehead atoms. The van der Waals surface area contributed by atoms with Crippen molar-refractivity contribution < 1.29 is 18.7 Å². The van der Waals surface area contributed by atoms with Crippen molar-refractivity contribution in [2.24, 2.45) is 0 Å². The Hall–Kier alpha value is -3.55. The van der Waals surface area contributed by atoms with Crippen LogP contribution in [0.25, 0.3) is 11.3 Å². The number of anilines is 1. The third kappa shape index (κ3) is 4.19. The van der Waals surface area contributed by atoms with Gasteiger partial charge >= 0.3 is 0 Å². The van der Waals surface area contributed by atoms with E-state index < -0.39 is 6.10 Å². The summed E-state index contributed by atoms with van der Waals surface area (Å²) in [4.78, 5) is 14.8. The number of ether oxygens (including phenoxy) is 2. The van der Waals surface area contributed by atoms with Crippen molar-refractivity contribution in [2.45, 2.75) is 25.0 Å². The highest BCUT2D eigenvalue weighted by atomic mass is 19.1. The molecule has 1 amide bonds. The van der Waals surface area contributed by atoms with Crippen LogP contribution in [0.1, 0.15) is 12.8 Å². The molecule has 2 aliphatic heterocycles. The smallest absolute Gasteiger partial charge is 0.264 e. The molecule has 3 heterocycles. The summed E-state index contributed by atoms with van der Waals surface area (Å²) in [6.07, 6.45) is 0.987. The molecular weight excluding hydrogens is 399 g/mol. The van der Waals surface area contributed by atoms with E-state index >= 15 is 0 Å². The standard InChI is InChI=1S/C23H23FN4O3/c24-16-7-5-15(6-8-16)18-13-22(27-26-18)28-11-9-17(10-12-28)25-23(29)21-14-30-19-3-1-2-4-20(19)31-21/h1-8,13,17,21H,9-12,14H2,(H,25,29)(H,26,27). The molecule has 1 fully saturated rings. The average Bonchev–Trinajstić information content (AvgIpc) is 3.30. The third-order valence-electron chi connectivity index (χ3n) is 5.69. The minimum Gasteiger partial charge on any atom is -0.485 e. The van der Waals surface area contributed by atoms with Crippen molar-refractivity contribution in [3.8, 4) is 22.8 Å². The lowest BCUT2D eigenvalue weighted by Gasteiger charge is -2.33. The van der Waals surface area contributed by atoms with Gasteiger partial charge in [-0.05, 0) is 54.8 Å². The molecule has 2 aliphatic rings. The van der Waals surface area contributed by atoms with Gasteiger partial charge in [-0.25, -0.2) is 4.39 Å². The van der Waals surface area contributed by atoms with Crippen LogP contribution in [0.2, 0.25) is 0 Å². The molecule has 3 aromatic rings. The zero-order valence-electron chi connectivity index (χ0n) is 16.9. The Morgan fingerprint density at radius 2 is 1.84 bits per heavy atom. The van der Waals surface area contributed by atoms with Gasteiger partial charge in [-0.3, -0.25) is 9.89 Å². The molecule has 0 radical (unpaired) electrons. The molecule has 8 heteroatoms. The van der Waals surface area contributed by atoms with Crippen molar-refractivity contribution in [2.75, 3.05) is 24.6 Å². The highest BCUT2D eigenvalue weighted by Crippen LogP contribution is 2.31. The fraction of sp³-hybridized carbons (Fsp3) is 0.304. The summed E-state index contributed by atoms with van der Waals surface area (Å²) in [5, 5.41) is 10.5. The number of piperidine rings is 1. The van der Waals surface area contributed by atoms with Gasteiger partial charge in [-0.1, -0.05) is 12.1 Å². The Balaban J connectivity index is 1.14. The van der Waals surface area contributed by atoms with Crippen LogP contribution in [-0.4, -0.2) is 47.9 Å². The molecule has 1 unspecified atom stereocenters. The van der Waals surface area contributed by atoms with Gasteiger partial charge in [-0.2, -0.15) is 5.10 Å². The summed E-state index contributed by atoms with van der Waals surface area (Å²) in [5.74, 6) is 1.70. The van der Waals surface area contributed by atoms with Crippen LogP contribution in [0.4, 0.5) is 10.2 Å². The zero-order valence-corrected chi connectivity index (χ0v) is 16.9. The first-order valence-corrected chi connectivity index (χ1v) is 10.4. The number of H-pyrrole nitrogens is 1. The molecule has 0 aliphatic carbocycles. The van der Waals surface area contributed by atoms with E-state index in [1.54, 1.807) is 18.2 Å². The molecule has 1 saturated heterocycles. The summed E-state index contributed by atoms with van der Waals surface area (Å²) in [6, 6.07) is 15.7. The lowest BCUT2D eigenvalue weighted by molar-refractivity contribution is -0.131. The predicted molar refractivity (Wildman–Crippen MR) is 114 cm³/mol. The van der Waals surface area contributed by atoms with Crippen LogP contribution in [0.5, 0.6) is 11.5 Å². The molecule has 31 heavy (non-hydrogen) atoms. The van der Waals surface area contributed by atoms with Crippen molar-refractivity contribution >= 4 is 11.7 Å². The topological polar surface area (TPSA) is 79.5 Å². The minimum atomic E-state index is -0.641. The number of benzene rings is 2. The minimum absolute atomic E-state index is 0.0834. The van der Waals surface area contributed by atoms with Crippen LogP contribution in [0.3, 0.4) is 0 Å². The maximum absolute atomic E-state index is 13.1. The highest BCUT2D eigenvalue weighted by Gasteiger charge is 2.30. The van der Waals surface area contributed by atoms with Crippen LogP contribution >= 0.6 is 0 Å². The fourth-order valence-corrected chi connectivity index (χ4v) is 3.95. The Morgan fingerprint density at radius 3 is 2.61 bits per heavy atom. The number of amides is 1. The highest BCUT2D eigenvalue weighted by molar-refractivity contribution is 5.82. The molecule has 160 valence electrons. The number of para-hydroxylation sites is 2. The molecule has 2 aromatic carbocycles.